The molecule has 108 valence electrons. The molecule has 1 N–H and O–H groups in total. The second-order valence-corrected chi connectivity index (χ2v) is 6.38. The largest absolute Gasteiger partial charge is 0.353 e. The van der Waals surface area contributed by atoms with E-state index in [-0.39, 0.29) is 23.8 Å². The second-order valence-electron chi connectivity index (χ2n) is 5.58. The molecule has 1 saturated heterocycles. The molecule has 1 aliphatic carbocycles. The lowest BCUT2D eigenvalue weighted by Gasteiger charge is -2.32. The topological polar surface area (TPSA) is 49.4 Å². The molecule has 2 amide bonds. The fourth-order valence-electron chi connectivity index (χ4n) is 2.47. The number of nitrogens with one attached hydrogen (secondary N) is 1. The quantitative estimate of drug-likeness (QED) is 0.598. The second kappa shape index (κ2) is 7.27. The standard InChI is InChI=1S/C14H23BrN2O2/c15-8-2-1-3-13(18)17-9-6-12(7-10-17)16-14(19)11-4-5-11/h11-12H,1-10H2,(H,16,19). The Morgan fingerprint density at radius 3 is 2.37 bits per heavy atom. The van der Waals surface area contributed by atoms with Crippen molar-refractivity contribution >= 4 is 27.7 Å². The molecule has 0 unspecified atom stereocenters. The van der Waals surface area contributed by atoms with Gasteiger partial charge in [-0.2, -0.15) is 0 Å². The molecule has 2 aliphatic rings. The van der Waals surface area contributed by atoms with Gasteiger partial charge >= 0.3 is 0 Å². The molecule has 0 atom stereocenters. The van der Waals surface area contributed by atoms with Gasteiger partial charge in [0.25, 0.3) is 0 Å². The van der Waals surface area contributed by atoms with Crippen LogP contribution in [0.1, 0.15) is 44.9 Å². The van der Waals surface area contributed by atoms with Crippen LogP contribution in [-0.2, 0) is 9.59 Å². The first-order chi connectivity index (χ1) is 9.20. The summed E-state index contributed by atoms with van der Waals surface area (Å²) in [5.74, 6) is 0.777. The summed E-state index contributed by atoms with van der Waals surface area (Å²) in [4.78, 5) is 25.6. The number of alkyl halides is 1. The van der Waals surface area contributed by atoms with Gasteiger partial charge in [0.05, 0.1) is 0 Å². The molecule has 5 heteroatoms. The Bertz CT molecular complexity index is 323. The lowest BCUT2D eigenvalue weighted by atomic mass is 10.0. The van der Waals surface area contributed by atoms with E-state index < -0.39 is 0 Å². The minimum atomic E-state index is 0.224. The van der Waals surface area contributed by atoms with Crippen molar-refractivity contribution in [3.63, 3.8) is 0 Å². The van der Waals surface area contributed by atoms with Crippen LogP contribution in [0.4, 0.5) is 0 Å². The van der Waals surface area contributed by atoms with Crippen LogP contribution in [0.5, 0.6) is 0 Å². The van der Waals surface area contributed by atoms with E-state index in [1.54, 1.807) is 0 Å². The average Bonchev–Trinajstić information content (AvgIpc) is 3.24. The summed E-state index contributed by atoms with van der Waals surface area (Å²) in [6.07, 6.45) is 6.59. The number of unbranched alkanes of at least 4 members (excludes halogenated alkanes) is 1. The van der Waals surface area contributed by atoms with E-state index in [1.165, 1.54) is 0 Å². The Morgan fingerprint density at radius 1 is 1.11 bits per heavy atom. The van der Waals surface area contributed by atoms with Gasteiger partial charge in [-0.1, -0.05) is 15.9 Å². The molecule has 0 aromatic rings. The molecule has 1 heterocycles. The average molecular weight is 331 g/mol. The summed E-state index contributed by atoms with van der Waals surface area (Å²) in [5, 5.41) is 4.08. The predicted molar refractivity (Wildman–Crippen MR) is 78.1 cm³/mol. The predicted octanol–water partition coefficient (Wildman–Crippen LogP) is 2.07. The maximum absolute atomic E-state index is 11.9. The highest BCUT2D eigenvalue weighted by Gasteiger charge is 2.32. The van der Waals surface area contributed by atoms with Crippen molar-refractivity contribution in [3.8, 4) is 0 Å². The van der Waals surface area contributed by atoms with Crippen LogP contribution in [0, 0.1) is 5.92 Å². The number of piperidine rings is 1. The lowest BCUT2D eigenvalue weighted by molar-refractivity contribution is -0.132. The maximum atomic E-state index is 11.9. The Morgan fingerprint density at radius 2 is 1.79 bits per heavy atom. The Kier molecular flexibility index (Phi) is 5.67. The van der Waals surface area contributed by atoms with Crippen molar-refractivity contribution in [1.29, 1.82) is 0 Å². The van der Waals surface area contributed by atoms with Crippen LogP contribution in [0.25, 0.3) is 0 Å². The number of likely N-dealkylation sites (tertiary alicyclic amines) is 1. The molecule has 2 fully saturated rings. The highest BCUT2D eigenvalue weighted by atomic mass is 79.9. The third kappa shape index (κ3) is 4.79. The molecular weight excluding hydrogens is 308 g/mol. The minimum Gasteiger partial charge on any atom is -0.353 e. The van der Waals surface area contributed by atoms with Gasteiger partial charge in [0.15, 0.2) is 0 Å². The molecule has 19 heavy (non-hydrogen) atoms. The zero-order valence-corrected chi connectivity index (χ0v) is 13.0. The Labute approximate surface area is 123 Å². The van der Waals surface area contributed by atoms with Crippen LogP contribution in [0.2, 0.25) is 0 Å². The van der Waals surface area contributed by atoms with Gasteiger partial charge in [-0.25, -0.2) is 0 Å². The highest BCUT2D eigenvalue weighted by Crippen LogP contribution is 2.29. The number of hydrogen-bond donors (Lipinski definition) is 1. The first kappa shape index (κ1) is 14.8. The van der Waals surface area contributed by atoms with E-state index in [4.69, 9.17) is 0 Å². The van der Waals surface area contributed by atoms with E-state index in [2.05, 4.69) is 21.2 Å². The Hall–Kier alpha value is -0.580. The normalized spacial score (nSPS) is 20.4. The monoisotopic (exact) mass is 330 g/mol. The van der Waals surface area contributed by atoms with Gasteiger partial charge in [0.1, 0.15) is 0 Å². The van der Waals surface area contributed by atoms with Crippen molar-refractivity contribution in [2.24, 2.45) is 5.92 Å². The summed E-state index contributed by atoms with van der Waals surface area (Å²) in [6, 6.07) is 0.277. The van der Waals surface area contributed by atoms with Gasteiger partial charge < -0.3 is 10.2 Å². The first-order valence-electron chi connectivity index (χ1n) is 7.35. The minimum absolute atomic E-state index is 0.224. The third-order valence-corrected chi connectivity index (χ3v) is 4.48. The summed E-state index contributed by atoms with van der Waals surface area (Å²) in [6.45, 7) is 1.59. The molecule has 0 spiro atoms. The molecular formula is C14H23BrN2O2. The molecule has 0 radical (unpaired) electrons. The van der Waals surface area contributed by atoms with E-state index in [1.807, 2.05) is 4.90 Å². The van der Waals surface area contributed by atoms with Gasteiger partial charge in [0, 0.05) is 36.8 Å². The van der Waals surface area contributed by atoms with Gasteiger partial charge in [-0.3, -0.25) is 9.59 Å². The number of carbonyl (C=O) groups excluding carboxylic acids is 2. The molecule has 2 rings (SSSR count). The van der Waals surface area contributed by atoms with Crippen LogP contribution in [-0.4, -0.2) is 41.2 Å². The molecule has 1 aliphatic heterocycles. The van der Waals surface area contributed by atoms with Gasteiger partial charge in [0.2, 0.25) is 11.8 Å². The van der Waals surface area contributed by atoms with Crippen molar-refractivity contribution in [1.82, 2.24) is 10.2 Å². The summed E-state index contributed by atoms with van der Waals surface area (Å²) < 4.78 is 0. The van der Waals surface area contributed by atoms with Crippen LogP contribution in [0.15, 0.2) is 0 Å². The number of nitrogens with zero attached hydrogens (tertiary/aromatic N) is 1. The molecule has 4 nitrogen and oxygen atoms in total. The van der Waals surface area contributed by atoms with Crippen molar-refractivity contribution in [2.45, 2.75) is 51.0 Å². The third-order valence-electron chi connectivity index (χ3n) is 3.92. The summed E-state index contributed by atoms with van der Waals surface area (Å²) in [5.41, 5.74) is 0. The van der Waals surface area contributed by atoms with Crippen molar-refractivity contribution < 1.29 is 9.59 Å². The van der Waals surface area contributed by atoms with E-state index in [0.29, 0.717) is 6.42 Å². The van der Waals surface area contributed by atoms with E-state index in [0.717, 1.165) is 56.9 Å². The molecule has 0 bridgehead atoms. The Balaban J connectivity index is 1.63. The SMILES string of the molecule is O=C(NC1CCN(C(=O)CCCCBr)CC1)C1CC1. The number of rotatable bonds is 6. The van der Waals surface area contributed by atoms with E-state index >= 15 is 0 Å². The fraction of sp³-hybridized carbons (Fsp3) is 0.857. The molecule has 1 saturated carbocycles. The van der Waals surface area contributed by atoms with Crippen LogP contribution < -0.4 is 5.32 Å². The maximum Gasteiger partial charge on any atom is 0.223 e. The van der Waals surface area contributed by atoms with Gasteiger partial charge in [-0.15, -0.1) is 0 Å². The zero-order chi connectivity index (χ0) is 13.7. The van der Waals surface area contributed by atoms with Crippen molar-refractivity contribution in [2.75, 3.05) is 18.4 Å². The molecule has 0 aromatic carbocycles. The van der Waals surface area contributed by atoms with Crippen LogP contribution >= 0.6 is 15.9 Å². The number of carbonyl (C=O) groups is 2. The van der Waals surface area contributed by atoms with Crippen molar-refractivity contribution in [3.05, 3.63) is 0 Å². The van der Waals surface area contributed by atoms with Gasteiger partial charge in [-0.05, 0) is 38.5 Å². The smallest absolute Gasteiger partial charge is 0.223 e. The number of amides is 2. The number of hydrogen-bond acceptors (Lipinski definition) is 2. The highest BCUT2D eigenvalue weighted by molar-refractivity contribution is 9.09. The van der Waals surface area contributed by atoms with Crippen LogP contribution in [0.3, 0.4) is 0 Å². The molecule has 0 aromatic heterocycles. The summed E-state index contributed by atoms with van der Waals surface area (Å²) in [7, 11) is 0. The van der Waals surface area contributed by atoms with E-state index in [9.17, 15) is 9.59 Å². The fourth-order valence-corrected chi connectivity index (χ4v) is 2.86. The number of halogens is 1. The summed E-state index contributed by atoms with van der Waals surface area (Å²) >= 11 is 3.38. The zero-order valence-electron chi connectivity index (χ0n) is 11.4. The lowest BCUT2D eigenvalue weighted by Crippen LogP contribution is -2.46. The first-order valence-corrected chi connectivity index (χ1v) is 8.47.